The van der Waals surface area contributed by atoms with Crippen LogP contribution in [-0.4, -0.2) is 17.4 Å². The highest BCUT2D eigenvalue weighted by molar-refractivity contribution is 4.61. The average molecular weight is 103 g/mol. The van der Waals surface area contributed by atoms with Gasteiger partial charge >= 0.3 is 0 Å². The van der Waals surface area contributed by atoms with Gasteiger partial charge in [0.15, 0.2) is 6.29 Å². The van der Waals surface area contributed by atoms with Crippen molar-refractivity contribution in [3.63, 3.8) is 0 Å². The summed E-state index contributed by atoms with van der Waals surface area (Å²) in [6, 6.07) is 0.301. The number of hydroxylamine groups is 1. The molecule has 1 aliphatic heterocycles. The number of nitrogens with one attached hydrogen (secondary N) is 1. The van der Waals surface area contributed by atoms with E-state index in [1.165, 1.54) is 0 Å². The molecule has 0 aromatic carbocycles. The van der Waals surface area contributed by atoms with Gasteiger partial charge in [-0.25, -0.2) is 0 Å². The fraction of sp³-hybridized carbons (Fsp3) is 1.00. The van der Waals surface area contributed by atoms with Gasteiger partial charge < -0.3 is 5.11 Å². The maximum atomic E-state index is 8.61. The van der Waals surface area contributed by atoms with E-state index in [4.69, 9.17) is 5.11 Å². The first kappa shape index (κ1) is 5.03. The van der Waals surface area contributed by atoms with E-state index in [1.807, 2.05) is 6.92 Å². The lowest BCUT2D eigenvalue weighted by Gasteiger charge is -1.93. The van der Waals surface area contributed by atoms with Crippen molar-refractivity contribution < 1.29 is 9.94 Å². The molecule has 0 aliphatic carbocycles. The van der Waals surface area contributed by atoms with Crippen LogP contribution in [0.3, 0.4) is 0 Å². The van der Waals surface area contributed by atoms with Crippen molar-refractivity contribution in [2.75, 3.05) is 0 Å². The van der Waals surface area contributed by atoms with Gasteiger partial charge in [0.2, 0.25) is 0 Å². The molecule has 1 heterocycles. The quantitative estimate of drug-likeness (QED) is 0.439. The van der Waals surface area contributed by atoms with Crippen LogP contribution in [0.1, 0.15) is 13.3 Å². The van der Waals surface area contributed by atoms with Gasteiger partial charge in [-0.15, -0.1) is 0 Å². The second-order valence-corrected chi connectivity index (χ2v) is 1.83. The molecule has 2 atom stereocenters. The van der Waals surface area contributed by atoms with Crippen LogP contribution in [0, 0.1) is 0 Å². The maximum Gasteiger partial charge on any atom is 0.176 e. The summed E-state index contributed by atoms with van der Waals surface area (Å²) >= 11 is 0. The van der Waals surface area contributed by atoms with Crippen molar-refractivity contribution >= 4 is 0 Å². The van der Waals surface area contributed by atoms with Crippen LogP contribution in [-0.2, 0) is 4.84 Å². The van der Waals surface area contributed by atoms with Crippen molar-refractivity contribution in [1.29, 1.82) is 0 Å². The third-order valence-corrected chi connectivity index (χ3v) is 0.960. The average Bonchev–Trinajstić information content (AvgIpc) is 1.87. The van der Waals surface area contributed by atoms with E-state index in [2.05, 4.69) is 10.3 Å². The van der Waals surface area contributed by atoms with Crippen molar-refractivity contribution in [3.05, 3.63) is 0 Å². The van der Waals surface area contributed by atoms with E-state index in [1.54, 1.807) is 0 Å². The summed E-state index contributed by atoms with van der Waals surface area (Å²) in [4.78, 5) is 4.57. The van der Waals surface area contributed by atoms with Gasteiger partial charge in [0, 0.05) is 12.5 Å². The Bertz CT molecular complexity index is 58.7. The molecule has 1 aliphatic rings. The van der Waals surface area contributed by atoms with Gasteiger partial charge in [-0.1, -0.05) is 0 Å². The standard InChI is InChI=1S/C4H9NO2/c1-3-2-4(6)7-5-3/h3-6H,2H2,1H3. The molecular weight excluding hydrogens is 94.0 g/mol. The van der Waals surface area contributed by atoms with Crippen molar-refractivity contribution in [2.24, 2.45) is 0 Å². The van der Waals surface area contributed by atoms with Crippen LogP contribution in [0.25, 0.3) is 0 Å². The van der Waals surface area contributed by atoms with Gasteiger partial charge in [-0.2, -0.15) is 5.48 Å². The molecular formula is C4H9NO2. The Labute approximate surface area is 42.2 Å². The molecule has 1 fully saturated rings. The Morgan fingerprint density at radius 3 is 2.71 bits per heavy atom. The zero-order valence-electron chi connectivity index (χ0n) is 4.22. The Kier molecular flexibility index (Phi) is 1.27. The maximum absolute atomic E-state index is 8.61. The summed E-state index contributed by atoms with van der Waals surface area (Å²) in [7, 11) is 0. The molecule has 2 unspecified atom stereocenters. The van der Waals surface area contributed by atoms with E-state index in [9.17, 15) is 0 Å². The molecule has 0 aromatic rings. The van der Waals surface area contributed by atoms with Gasteiger partial charge in [0.1, 0.15) is 0 Å². The van der Waals surface area contributed by atoms with Gasteiger partial charge in [0.25, 0.3) is 0 Å². The fourth-order valence-corrected chi connectivity index (χ4v) is 0.593. The number of aliphatic hydroxyl groups excluding tert-OH is 1. The van der Waals surface area contributed by atoms with Crippen molar-refractivity contribution in [2.45, 2.75) is 25.7 Å². The summed E-state index contributed by atoms with van der Waals surface area (Å²) in [5.74, 6) is 0. The SMILES string of the molecule is CC1CC(O)ON1. The highest BCUT2D eigenvalue weighted by Gasteiger charge is 2.17. The third-order valence-electron chi connectivity index (χ3n) is 0.960. The Balaban J connectivity index is 2.26. The van der Waals surface area contributed by atoms with Gasteiger partial charge in [-0.3, -0.25) is 4.84 Å². The van der Waals surface area contributed by atoms with Crippen LogP contribution < -0.4 is 5.48 Å². The Morgan fingerprint density at radius 1 is 1.86 bits per heavy atom. The molecule has 3 nitrogen and oxygen atoms in total. The highest BCUT2D eigenvalue weighted by atomic mass is 16.7. The minimum Gasteiger partial charge on any atom is -0.366 e. The molecule has 0 amide bonds. The Morgan fingerprint density at radius 2 is 2.57 bits per heavy atom. The molecule has 3 heteroatoms. The summed E-state index contributed by atoms with van der Waals surface area (Å²) in [6.45, 7) is 1.95. The van der Waals surface area contributed by atoms with Crippen molar-refractivity contribution in [1.82, 2.24) is 5.48 Å². The van der Waals surface area contributed by atoms with Gasteiger partial charge in [0.05, 0.1) is 0 Å². The summed E-state index contributed by atoms with van der Waals surface area (Å²) < 4.78 is 0. The molecule has 1 rings (SSSR count). The largest absolute Gasteiger partial charge is 0.366 e. The monoisotopic (exact) mass is 103 g/mol. The number of hydrogen-bond donors (Lipinski definition) is 2. The molecule has 0 radical (unpaired) electrons. The summed E-state index contributed by atoms with van der Waals surface area (Å²) in [5, 5.41) is 8.61. The minimum absolute atomic E-state index is 0.301. The smallest absolute Gasteiger partial charge is 0.176 e. The first-order valence-electron chi connectivity index (χ1n) is 2.38. The number of aliphatic hydroxyl groups is 1. The van der Waals surface area contributed by atoms with E-state index < -0.39 is 6.29 Å². The first-order chi connectivity index (χ1) is 3.29. The van der Waals surface area contributed by atoms with E-state index >= 15 is 0 Å². The predicted octanol–water partition coefficient (Wildman–Crippen LogP) is -0.382. The topological polar surface area (TPSA) is 41.5 Å². The highest BCUT2D eigenvalue weighted by Crippen LogP contribution is 2.04. The van der Waals surface area contributed by atoms with E-state index in [0.717, 1.165) is 0 Å². The van der Waals surface area contributed by atoms with E-state index in [0.29, 0.717) is 12.5 Å². The number of hydrogen-bond acceptors (Lipinski definition) is 3. The number of rotatable bonds is 0. The Hall–Kier alpha value is -0.120. The molecule has 1 saturated heterocycles. The van der Waals surface area contributed by atoms with E-state index in [-0.39, 0.29) is 0 Å². The summed E-state index contributed by atoms with van der Waals surface area (Å²) in [5.41, 5.74) is 2.62. The fourth-order valence-electron chi connectivity index (χ4n) is 0.593. The molecule has 2 N–H and O–H groups in total. The lowest BCUT2D eigenvalue weighted by atomic mass is 10.3. The second kappa shape index (κ2) is 1.78. The molecule has 0 saturated carbocycles. The van der Waals surface area contributed by atoms with Crippen LogP contribution in [0.15, 0.2) is 0 Å². The summed E-state index contributed by atoms with van der Waals surface area (Å²) in [6.07, 6.45) is 0.106. The zero-order valence-corrected chi connectivity index (χ0v) is 4.22. The van der Waals surface area contributed by atoms with Crippen LogP contribution >= 0.6 is 0 Å². The first-order valence-corrected chi connectivity index (χ1v) is 2.38. The molecule has 0 aromatic heterocycles. The van der Waals surface area contributed by atoms with Gasteiger partial charge in [-0.05, 0) is 6.92 Å². The molecule has 7 heavy (non-hydrogen) atoms. The van der Waals surface area contributed by atoms with Crippen LogP contribution in [0.2, 0.25) is 0 Å². The third kappa shape index (κ3) is 1.12. The predicted molar refractivity (Wildman–Crippen MR) is 24.3 cm³/mol. The molecule has 0 bridgehead atoms. The lowest BCUT2D eigenvalue weighted by molar-refractivity contribution is -0.101. The molecule has 0 spiro atoms. The van der Waals surface area contributed by atoms with Crippen LogP contribution in [0.4, 0.5) is 0 Å². The second-order valence-electron chi connectivity index (χ2n) is 1.83. The zero-order chi connectivity index (χ0) is 5.28. The molecule has 42 valence electrons. The minimum atomic E-state index is -0.588. The normalized spacial score (nSPS) is 42.0. The lowest BCUT2D eigenvalue weighted by Crippen LogP contribution is -2.14. The van der Waals surface area contributed by atoms with Crippen molar-refractivity contribution in [3.8, 4) is 0 Å². The van der Waals surface area contributed by atoms with Crippen LogP contribution in [0.5, 0.6) is 0 Å².